The molecule has 1 aromatic rings. The second kappa shape index (κ2) is 20.5. The van der Waals surface area contributed by atoms with Crippen LogP contribution in [0.25, 0.3) is 0 Å². The topological polar surface area (TPSA) is 27.7 Å². The molecule has 3 fully saturated rings. The van der Waals surface area contributed by atoms with Crippen molar-refractivity contribution in [2.75, 3.05) is 39.6 Å². The van der Waals surface area contributed by atoms with Crippen LogP contribution in [-0.4, -0.2) is 39.6 Å². The van der Waals surface area contributed by atoms with Crippen molar-refractivity contribution in [3.63, 3.8) is 0 Å². The fourth-order valence-corrected chi connectivity index (χ4v) is 2.28. The van der Waals surface area contributed by atoms with Gasteiger partial charge in [-0.1, -0.05) is 0 Å². The van der Waals surface area contributed by atoms with Gasteiger partial charge in [-0.3, -0.25) is 0 Å². The molecule has 0 atom stereocenters. The minimum atomic E-state index is 0. The summed E-state index contributed by atoms with van der Waals surface area (Å²) < 4.78 is 16.0. The molecule has 145 valence electrons. The summed E-state index contributed by atoms with van der Waals surface area (Å²) >= 11 is 2.93. The first-order valence-electron chi connectivity index (χ1n) is 8.76. The normalized spacial score (nSPS) is 17.3. The molecule has 3 aliphatic rings. The van der Waals surface area contributed by atoms with Gasteiger partial charge in [-0.15, -0.1) is 0 Å². The van der Waals surface area contributed by atoms with Crippen molar-refractivity contribution >= 4 is 4.43 Å². The zero-order valence-electron chi connectivity index (χ0n) is 15.2. The molecule has 3 aliphatic heterocycles. The van der Waals surface area contributed by atoms with E-state index in [1.807, 2.05) is 0 Å². The first-order valence-corrected chi connectivity index (χ1v) is 9.40. The molecule has 0 aromatic heterocycles. The monoisotopic (exact) mass is 429 g/mol. The second-order valence-corrected chi connectivity index (χ2v) is 6.51. The molecule has 3 nitrogen and oxygen atoms in total. The Hall–Kier alpha value is 0.212. The maximum absolute atomic E-state index is 4.94. The Morgan fingerprint density at radius 3 is 1.04 bits per heavy atom. The number of ether oxygens (including phenoxy) is 3. The molecule has 0 N–H and O–H groups in total. The predicted octanol–water partition coefficient (Wildman–Crippen LogP) is -2.43. The fourth-order valence-electron chi connectivity index (χ4n) is 2.07. The second-order valence-electron chi connectivity index (χ2n) is 5.77. The van der Waals surface area contributed by atoms with Crippen molar-refractivity contribution in [2.24, 2.45) is 0 Å². The zero-order chi connectivity index (χ0) is 16.6. The number of halogens is 2. The molecule has 25 heavy (non-hydrogen) atoms. The van der Waals surface area contributed by atoms with Crippen LogP contribution in [0.3, 0.4) is 0 Å². The van der Waals surface area contributed by atoms with E-state index in [0.29, 0.717) is 0 Å². The predicted molar refractivity (Wildman–Crippen MR) is 91.0 cm³/mol. The van der Waals surface area contributed by atoms with Crippen LogP contribution in [0, 0.1) is 6.92 Å². The average molecular weight is 430 g/mol. The van der Waals surface area contributed by atoms with E-state index in [4.69, 9.17) is 14.2 Å². The Balaban J connectivity index is 0. The van der Waals surface area contributed by atoms with Crippen LogP contribution in [0.4, 0.5) is 0 Å². The molecule has 0 radical (unpaired) electrons. The fraction of sp³-hybridized carbons (Fsp3) is 0.684. The van der Waals surface area contributed by atoms with Crippen LogP contribution >= 0.6 is 0 Å². The van der Waals surface area contributed by atoms with E-state index in [1.165, 1.54) is 48.5 Å². The average Bonchev–Trinajstić information content (AvgIpc) is 3.34. The van der Waals surface area contributed by atoms with Gasteiger partial charge in [0, 0.05) is 39.6 Å². The van der Waals surface area contributed by atoms with Crippen LogP contribution < -0.4 is 29.2 Å². The smallest absolute Gasteiger partial charge is 1.00 e. The van der Waals surface area contributed by atoms with E-state index in [1.54, 1.807) is 0 Å². The number of hydrogen-bond donors (Lipinski definition) is 0. The van der Waals surface area contributed by atoms with Crippen molar-refractivity contribution in [3.8, 4) is 0 Å². The Bertz CT molecular complexity index is 298. The molecular formula is C19H31Cl2CrO3. The molecule has 0 unspecified atom stereocenters. The molecule has 3 heterocycles. The summed E-state index contributed by atoms with van der Waals surface area (Å²) in [6.45, 7) is 8.08. The molecule has 0 amide bonds. The zero-order valence-corrected chi connectivity index (χ0v) is 18.0. The summed E-state index contributed by atoms with van der Waals surface area (Å²) in [6.07, 6.45) is 7.67. The maximum Gasteiger partial charge on any atom is -1.00 e. The maximum atomic E-state index is 4.94. The third-order valence-corrected chi connectivity index (χ3v) is 3.93. The van der Waals surface area contributed by atoms with Crippen LogP contribution in [0.15, 0.2) is 24.3 Å². The van der Waals surface area contributed by atoms with Crippen LogP contribution in [0.2, 0.25) is 0 Å². The molecule has 0 bridgehead atoms. The Kier molecular flexibility index (Phi) is 22.5. The van der Waals surface area contributed by atoms with Gasteiger partial charge in [0.05, 0.1) is 0 Å². The van der Waals surface area contributed by atoms with E-state index in [0.717, 1.165) is 39.6 Å². The van der Waals surface area contributed by atoms with Gasteiger partial charge in [0.15, 0.2) is 0 Å². The van der Waals surface area contributed by atoms with Gasteiger partial charge in [0.25, 0.3) is 0 Å². The summed E-state index contributed by atoms with van der Waals surface area (Å²) in [6, 6.07) is 8.31. The molecular weight excluding hydrogens is 399 g/mol. The minimum Gasteiger partial charge on any atom is -1.00 e. The third kappa shape index (κ3) is 18.8. The summed E-state index contributed by atoms with van der Waals surface area (Å²) in [7, 11) is 0. The first kappa shape index (κ1) is 27.4. The number of rotatable bonds is 0. The quantitative estimate of drug-likeness (QED) is 0.458. The van der Waals surface area contributed by atoms with Gasteiger partial charge < -0.3 is 39.0 Å². The third-order valence-electron chi connectivity index (χ3n) is 3.50. The molecule has 0 saturated carbocycles. The van der Waals surface area contributed by atoms with Crippen molar-refractivity contribution < 1.29 is 55.3 Å². The Morgan fingerprint density at radius 1 is 0.600 bits per heavy atom. The van der Waals surface area contributed by atoms with Gasteiger partial charge >= 0.3 is 57.5 Å². The van der Waals surface area contributed by atoms with E-state index in [-0.39, 0.29) is 24.8 Å². The van der Waals surface area contributed by atoms with Crippen LogP contribution in [0.1, 0.15) is 44.1 Å². The number of benzene rings is 1. The molecule has 0 spiro atoms. The Labute approximate surface area is 174 Å². The largest absolute Gasteiger partial charge is 1.00 e. The van der Waals surface area contributed by atoms with Gasteiger partial charge in [0.1, 0.15) is 0 Å². The van der Waals surface area contributed by atoms with Crippen LogP contribution in [-0.2, 0) is 30.5 Å². The van der Waals surface area contributed by atoms with E-state index < -0.39 is 0 Å². The summed E-state index contributed by atoms with van der Waals surface area (Å²) in [5.74, 6) is 0. The summed E-state index contributed by atoms with van der Waals surface area (Å²) in [5, 5.41) is 0. The SMILES string of the molecule is C1CCOC1.C1CCOC1.C1CCOC1.Cc1cc[c]([Cr+2])cc1.[Cl-].[Cl-]. The molecule has 6 heteroatoms. The van der Waals surface area contributed by atoms with Gasteiger partial charge in [0.2, 0.25) is 0 Å². The van der Waals surface area contributed by atoms with Crippen molar-refractivity contribution in [1.29, 1.82) is 0 Å². The molecule has 4 rings (SSSR count). The minimum absolute atomic E-state index is 0. The van der Waals surface area contributed by atoms with E-state index >= 15 is 0 Å². The van der Waals surface area contributed by atoms with E-state index in [9.17, 15) is 0 Å². The molecule has 0 aliphatic carbocycles. The molecule has 3 saturated heterocycles. The van der Waals surface area contributed by atoms with Crippen molar-refractivity contribution in [2.45, 2.75) is 45.4 Å². The van der Waals surface area contributed by atoms with Gasteiger partial charge in [-0.25, -0.2) is 0 Å². The Morgan fingerprint density at radius 2 is 0.880 bits per heavy atom. The van der Waals surface area contributed by atoms with Gasteiger partial charge in [-0.2, -0.15) is 0 Å². The van der Waals surface area contributed by atoms with Crippen molar-refractivity contribution in [1.82, 2.24) is 0 Å². The van der Waals surface area contributed by atoms with Gasteiger partial charge in [-0.05, 0) is 38.5 Å². The number of aryl methyl sites for hydroxylation is 1. The van der Waals surface area contributed by atoms with Crippen LogP contribution in [0.5, 0.6) is 0 Å². The standard InChI is InChI=1S/C7H7.3C4H8O.2ClH.Cr/c1-7-5-3-2-4-6-7;3*1-2-4-5-3-1;;;/h3-6H,1H3;3*1-4H2;2*1H;/q;;;;;;+2/p-2. The number of hydrogen-bond acceptors (Lipinski definition) is 3. The molecule has 1 aromatic carbocycles. The first-order chi connectivity index (χ1) is 11.3. The van der Waals surface area contributed by atoms with E-state index in [2.05, 4.69) is 47.5 Å². The summed E-state index contributed by atoms with van der Waals surface area (Å²) in [5.41, 5.74) is 1.31. The summed E-state index contributed by atoms with van der Waals surface area (Å²) in [4.78, 5) is 0. The van der Waals surface area contributed by atoms with Crippen molar-refractivity contribution in [3.05, 3.63) is 29.8 Å².